The Morgan fingerprint density at radius 3 is 2.88 bits per heavy atom. The zero-order chi connectivity index (χ0) is 17.6. The number of hydrogen-bond donors (Lipinski definition) is 0. The first-order chi connectivity index (χ1) is 12.1. The van der Waals surface area contributed by atoms with Gasteiger partial charge in [-0.2, -0.15) is 0 Å². The van der Waals surface area contributed by atoms with Gasteiger partial charge in [0.1, 0.15) is 16.2 Å². The first-order valence-electron chi connectivity index (χ1n) is 8.10. The monoisotopic (exact) mass is 372 g/mol. The zero-order valence-electron chi connectivity index (χ0n) is 14.3. The first-order valence-corrected chi connectivity index (χ1v) is 9.90. The van der Waals surface area contributed by atoms with Crippen LogP contribution in [0.1, 0.15) is 16.9 Å². The minimum atomic E-state index is 0.161. The number of aryl methyl sites for hydroxylation is 1. The van der Waals surface area contributed by atoms with Crippen LogP contribution in [0.15, 0.2) is 41.9 Å². The molecule has 3 heterocycles. The van der Waals surface area contributed by atoms with E-state index in [0.29, 0.717) is 6.42 Å². The third-order valence-electron chi connectivity index (χ3n) is 3.88. The molecule has 7 heteroatoms. The fraction of sp³-hybridized carbons (Fsp3) is 0.333. The molecule has 0 bridgehead atoms. The van der Waals surface area contributed by atoms with Gasteiger partial charge in [-0.1, -0.05) is 0 Å². The van der Waals surface area contributed by atoms with Gasteiger partial charge in [0.05, 0.1) is 0 Å². The average molecular weight is 373 g/mol. The van der Waals surface area contributed by atoms with E-state index < -0.39 is 0 Å². The van der Waals surface area contributed by atoms with Crippen LogP contribution in [-0.2, 0) is 11.2 Å². The molecule has 0 radical (unpaired) electrons. The molecule has 3 rings (SSSR count). The topological polar surface area (TPSA) is 59.0 Å². The third kappa shape index (κ3) is 4.76. The minimum absolute atomic E-state index is 0.161. The molecular weight excluding hydrogens is 352 g/mol. The SMILES string of the molecule is Cc1cc2c(SCCC(=O)N(C)CCc3ccncc3)ncnc2s1. The fourth-order valence-electron chi connectivity index (χ4n) is 2.47. The molecule has 0 N–H and O–H groups in total. The molecular formula is C18H20N4OS2. The van der Waals surface area contributed by atoms with Crippen molar-refractivity contribution in [2.45, 2.75) is 24.8 Å². The van der Waals surface area contributed by atoms with Crippen LogP contribution in [0.4, 0.5) is 0 Å². The Labute approximate surface area is 155 Å². The van der Waals surface area contributed by atoms with Crippen LogP contribution in [-0.4, -0.2) is 45.1 Å². The van der Waals surface area contributed by atoms with Gasteiger partial charge in [-0.25, -0.2) is 9.97 Å². The van der Waals surface area contributed by atoms with Gasteiger partial charge in [0, 0.05) is 48.4 Å². The number of aromatic nitrogens is 3. The number of rotatable bonds is 7. The van der Waals surface area contributed by atoms with E-state index in [4.69, 9.17) is 0 Å². The summed E-state index contributed by atoms with van der Waals surface area (Å²) >= 11 is 3.29. The largest absolute Gasteiger partial charge is 0.345 e. The van der Waals surface area contributed by atoms with E-state index in [0.717, 1.165) is 34.0 Å². The van der Waals surface area contributed by atoms with Gasteiger partial charge in [-0.15, -0.1) is 23.1 Å². The molecule has 3 aromatic rings. The number of carbonyl (C=O) groups excluding carboxylic acids is 1. The van der Waals surface area contributed by atoms with Crippen molar-refractivity contribution in [1.82, 2.24) is 19.9 Å². The molecule has 0 aliphatic carbocycles. The van der Waals surface area contributed by atoms with Crippen molar-refractivity contribution in [1.29, 1.82) is 0 Å². The summed E-state index contributed by atoms with van der Waals surface area (Å²) in [5, 5.41) is 2.05. The maximum atomic E-state index is 12.3. The van der Waals surface area contributed by atoms with E-state index in [1.54, 1.807) is 46.7 Å². The average Bonchev–Trinajstić information content (AvgIpc) is 3.01. The zero-order valence-corrected chi connectivity index (χ0v) is 15.9. The first kappa shape index (κ1) is 17.8. The number of carbonyl (C=O) groups is 1. The highest BCUT2D eigenvalue weighted by Gasteiger charge is 2.11. The van der Waals surface area contributed by atoms with E-state index >= 15 is 0 Å². The van der Waals surface area contributed by atoms with Crippen LogP contribution < -0.4 is 0 Å². The van der Waals surface area contributed by atoms with Crippen LogP contribution in [0.5, 0.6) is 0 Å². The number of fused-ring (bicyclic) bond motifs is 1. The van der Waals surface area contributed by atoms with E-state index in [9.17, 15) is 4.79 Å². The van der Waals surface area contributed by atoms with Gasteiger partial charge in [0.25, 0.3) is 0 Å². The fourth-order valence-corrected chi connectivity index (χ4v) is 4.28. The van der Waals surface area contributed by atoms with Crippen LogP contribution in [0, 0.1) is 6.92 Å². The summed E-state index contributed by atoms with van der Waals surface area (Å²) in [6.07, 6.45) is 6.51. The molecule has 0 aliphatic rings. The molecule has 0 saturated heterocycles. The number of pyridine rings is 1. The predicted octanol–water partition coefficient (Wildman–Crippen LogP) is 3.58. The Morgan fingerprint density at radius 1 is 1.28 bits per heavy atom. The van der Waals surface area contributed by atoms with E-state index in [-0.39, 0.29) is 5.91 Å². The van der Waals surface area contributed by atoms with Crippen molar-refractivity contribution < 1.29 is 4.79 Å². The molecule has 0 atom stereocenters. The molecule has 0 saturated carbocycles. The van der Waals surface area contributed by atoms with Crippen molar-refractivity contribution in [3.8, 4) is 0 Å². The quantitative estimate of drug-likeness (QED) is 0.469. The van der Waals surface area contributed by atoms with Gasteiger partial charge in [-0.3, -0.25) is 9.78 Å². The standard InChI is InChI=1S/C18H20N4OS2/c1-13-11-15-17(20-12-21-18(15)25-13)24-10-6-16(23)22(2)9-5-14-3-7-19-8-4-14/h3-4,7-8,11-12H,5-6,9-10H2,1-2H3. The molecule has 1 amide bonds. The van der Waals surface area contributed by atoms with Crippen LogP contribution >= 0.6 is 23.1 Å². The molecule has 3 aromatic heterocycles. The Morgan fingerprint density at radius 2 is 2.08 bits per heavy atom. The lowest BCUT2D eigenvalue weighted by Crippen LogP contribution is -2.29. The number of nitrogens with zero attached hydrogens (tertiary/aromatic N) is 4. The summed E-state index contributed by atoms with van der Waals surface area (Å²) < 4.78 is 0. The van der Waals surface area contributed by atoms with Gasteiger partial charge >= 0.3 is 0 Å². The van der Waals surface area contributed by atoms with Gasteiger partial charge in [-0.05, 0) is 37.1 Å². The maximum absolute atomic E-state index is 12.3. The second-order valence-corrected chi connectivity index (χ2v) is 8.09. The highest BCUT2D eigenvalue weighted by Crippen LogP contribution is 2.30. The van der Waals surface area contributed by atoms with Crippen LogP contribution in [0.2, 0.25) is 0 Å². The molecule has 5 nitrogen and oxygen atoms in total. The molecule has 0 unspecified atom stereocenters. The van der Waals surface area contributed by atoms with Crippen LogP contribution in [0.25, 0.3) is 10.2 Å². The Hall–Kier alpha value is -1.99. The van der Waals surface area contributed by atoms with Gasteiger partial charge in [0.15, 0.2) is 0 Å². The van der Waals surface area contributed by atoms with E-state index in [2.05, 4.69) is 27.9 Å². The summed E-state index contributed by atoms with van der Waals surface area (Å²) in [5.74, 6) is 0.882. The summed E-state index contributed by atoms with van der Waals surface area (Å²) in [7, 11) is 1.86. The predicted molar refractivity (Wildman–Crippen MR) is 103 cm³/mol. The van der Waals surface area contributed by atoms with Crippen molar-refractivity contribution in [3.63, 3.8) is 0 Å². The number of hydrogen-bond acceptors (Lipinski definition) is 6. The summed E-state index contributed by atoms with van der Waals surface area (Å²) in [6.45, 7) is 2.79. The summed E-state index contributed by atoms with van der Waals surface area (Å²) in [5.41, 5.74) is 1.19. The highest BCUT2D eigenvalue weighted by atomic mass is 32.2. The Bertz CT molecular complexity index is 851. The number of amides is 1. The lowest BCUT2D eigenvalue weighted by atomic mass is 10.2. The second kappa shape index (κ2) is 8.40. The lowest BCUT2D eigenvalue weighted by Gasteiger charge is -2.17. The number of likely N-dealkylation sites (N-methyl/N-ethyl adjacent to an activating group) is 1. The third-order valence-corrected chi connectivity index (χ3v) is 5.85. The van der Waals surface area contributed by atoms with Crippen molar-refractivity contribution in [3.05, 3.63) is 47.4 Å². The van der Waals surface area contributed by atoms with Crippen molar-refractivity contribution in [2.75, 3.05) is 19.3 Å². The van der Waals surface area contributed by atoms with Crippen molar-refractivity contribution in [2.24, 2.45) is 0 Å². The smallest absolute Gasteiger partial charge is 0.223 e. The molecule has 0 spiro atoms. The van der Waals surface area contributed by atoms with Crippen molar-refractivity contribution >= 4 is 39.2 Å². The summed E-state index contributed by atoms with van der Waals surface area (Å²) in [4.78, 5) is 29.0. The van der Waals surface area contributed by atoms with Crippen LogP contribution in [0.3, 0.4) is 0 Å². The van der Waals surface area contributed by atoms with E-state index in [1.807, 2.05) is 19.2 Å². The maximum Gasteiger partial charge on any atom is 0.223 e. The minimum Gasteiger partial charge on any atom is -0.345 e. The molecule has 0 fully saturated rings. The number of thioether (sulfide) groups is 1. The molecule has 0 aromatic carbocycles. The lowest BCUT2D eigenvalue weighted by molar-refractivity contribution is -0.129. The molecule has 0 aliphatic heterocycles. The molecule has 130 valence electrons. The van der Waals surface area contributed by atoms with Gasteiger partial charge < -0.3 is 4.90 Å². The van der Waals surface area contributed by atoms with E-state index in [1.165, 1.54) is 10.4 Å². The Balaban J connectivity index is 1.48. The normalized spacial score (nSPS) is 11.0. The number of thiophene rings is 1. The highest BCUT2D eigenvalue weighted by molar-refractivity contribution is 7.99. The summed E-state index contributed by atoms with van der Waals surface area (Å²) in [6, 6.07) is 6.08. The Kier molecular flexibility index (Phi) is 5.99. The van der Waals surface area contributed by atoms with Gasteiger partial charge in [0.2, 0.25) is 5.91 Å². The second-order valence-electron chi connectivity index (χ2n) is 5.77. The molecule has 25 heavy (non-hydrogen) atoms.